The highest BCUT2D eigenvalue weighted by molar-refractivity contribution is 8.03. The highest BCUT2D eigenvalue weighted by Crippen LogP contribution is 2.20. The Morgan fingerprint density at radius 1 is 0.585 bits per heavy atom. The van der Waals surface area contributed by atoms with Crippen LogP contribution in [0.3, 0.4) is 0 Å². The van der Waals surface area contributed by atoms with Crippen molar-refractivity contribution in [3.8, 4) is 0 Å². The maximum absolute atomic E-state index is 12.4. The van der Waals surface area contributed by atoms with Crippen molar-refractivity contribution in [3.63, 3.8) is 0 Å². The van der Waals surface area contributed by atoms with E-state index in [4.69, 9.17) is 0 Å². The van der Waals surface area contributed by atoms with Gasteiger partial charge < -0.3 is 15.5 Å². The largest absolute Gasteiger partial charge is 0.338 e. The van der Waals surface area contributed by atoms with Crippen molar-refractivity contribution in [2.75, 3.05) is 50.0 Å². The molecule has 0 fully saturated rings. The minimum absolute atomic E-state index is 0.00813. The Morgan fingerprint density at radius 2 is 1.05 bits per heavy atom. The highest BCUT2D eigenvalue weighted by Gasteiger charge is 2.12. The van der Waals surface area contributed by atoms with E-state index < -0.39 is 0 Å². The quantitative estimate of drug-likeness (QED) is 0.0721. The molecule has 0 aliphatic heterocycles. The first kappa shape index (κ1) is 40.9. The van der Waals surface area contributed by atoms with Crippen LogP contribution in [-0.2, 0) is 0 Å². The normalized spacial score (nSPS) is 12.2. The maximum Gasteiger partial charge on any atom is 0.314 e. The van der Waals surface area contributed by atoms with Crippen LogP contribution in [0.4, 0.5) is 4.79 Å². The lowest BCUT2D eigenvalue weighted by Crippen LogP contribution is -2.40. The van der Waals surface area contributed by atoms with Gasteiger partial charge in [-0.3, -0.25) is 0 Å². The van der Waals surface area contributed by atoms with E-state index >= 15 is 0 Å². The van der Waals surface area contributed by atoms with Crippen molar-refractivity contribution < 1.29 is 4.79 Å². The Bertz CT molecular complexity index is 520. The third kappa shape index (κ3) is 31.2. The number of urea groups is 1. The molecule has 0 heterocycles. The smallest absolute Gasteiger partial charge is 0.314 e. The average molecular weight is 616 g/mol. The molecule has 246 valence electrons. The molecule has 2 N–H and O–H groups in total. The first-order chi connectivity index (χ1) is 20.2. The SMILES string of the molecule is CCCCCCCCCCCCSCC(CNC(=O)NCCCN(CC)CC)SCCCCCCCCCCCC. The van der Waals surface area contributed by atoms with Gasteiger partial charge in [0, 0.05) is 24.1 Å². The van der Waals surface area contributed by atoms with Crippen molar-refractivity contribution in [1.29, 1.82) is 0 Å². The zero-order valence-corrected chi connectivity index (χ0v) is 29.9. The van der Waals surface area contributed by atoms with Crippen LogP contribution in [0.15, 0.2) is 0 Å². The molecule has 0 aromatic carbocycles. The third-order valence-corrected chi connectivity index (χ3v) is 10.9. The molecular weight excluding hydrogens is 543 g/mol. The minimum Gasteiger partial charge on any atom is -0.338 e. The molecule has 6 heteroatoms. The number of nitrogens with one attached hydrogen (secondary N) is 2. The van der Waals surface area contributed by atoms with Gasteiger partial charge in [-0.25, -0.2) is 4.79 Å². The van der Waals surface area contributed by atoms with Crippen LogP contribution in [0.5, 0.6) is 0 Å². The van der Waals surface area contributed by atoms with Gasteiger partial charge in [-0.15, -0.1) is 0 Å². The molecule has 41 heavy (non-hydrogen) atoms. The number of thioether (sulfide) groups is 2. The number of hydrogen-bond acceptors (Lipinski definition) is 4. The molecule has 2 amide bonds. The summed E-state index contributed by atoms with van der Waals surface area (Å²) in [6.45, 7) is 13.7. The summed E-state index contributed by atoms with van der Waals surface area (Å²) in [5, 5.41) is 6.78. The first-order valence-corrected chi connectivity index (χ1v) is 20.3. The number of unbranched alkanes of at least 4 members (excludes halogenated alkanes) is 18. The van der Waals surface area contributed by atoms with Gasteiger partial charge in [-0.2, -0.15) is 23.5 Å². The molecule has 4 nitrogen and oxygen atoms in total. The number of hydrogen-bond donors (Lipinski definition) is 2. The molecule has 0 aliphatic carbocycles. The van der Waals surface area contributed by atoms with Gasteiger partial charge in [-0.1, -0.05) is 143 Å². The molecule has 0 aromatic heterocycles. The highest BCUT2D eigenvalue weighted by atomic mass is 32.2. The molecule has 0 spiro atoms. The lowest BCUT2D eigenvalue weighted by Gasteiger charge is -2.19. The maximum atomic E-state index is 12.4. The minimum atomic E-state index is 0.00813. The lowest BCUT2D eigenvalue weighted by molar-refractivity contribution is 0.239. The van der Waals surface area contributed by atoms with Crippen molar-refractivity contribution >= 4 is 29.6 Å². The van der Waals surface area contributed by atoms with E-state index in [2.05, 4.69) is 66.8 Å². The van der Waals surface area contributed by atoms with Gasteiger partial charge in [0.15, 0.2) is 0 Å². The van der Waals surface area contributed by atoms with Crippen LogP contribution < -0.4 is 10.6 Å². The number of rotatable bonds is 33. The summed E-state index contributed by atoms with van der Waals surface area (Å²) in [6.07, 6.45) is 29.0. The zero-order valence-electron chi connectivity index (χ0n) is 28.3. The molecule has 0 saturated heterocycles. The van der Waals surface area contributed by atoms with Crippen LogP contribution in [0.25, 0.3) is 0 Å². The molecule has 0 saturated carbocycles. The Hall–Kier alpha value is -0.0700. The molecule has 0 aliphatic rings. The summed E-state index contributed by atoms with van der Waals surface area (Å²) in [5.41, 5.74) is 0. The molecule has 0 aromatic rings. The van der Waals surface area contributed by atoms with Gasteiger partial charge in [0.05, 0.1) is 0 Å². The lowest BCUT2D eigenvalue weighted by atomic mass is 10.1. The summed E-state index contributed by atoms with van der Waals surface area (Å²) in [4.78, 5) is 14.8. The van der Waals surface area contributed by atoms with Gasteiger partial charge in [0.25, 0.3) is 0 Å². The summed E-state index contributed by atoms with van der Waals surface area (Å²) < 4.78 is 0. The fraction of sp³-hybridized carbons (Fsp3) is 0.971. The van der Waals surface area contributed by atoms with Gasteiger partial charge in [0.1, 0.15) is 0 Å². The standard InChI is InChI=1S/C35H73N3OS2/c1-5-9-11-13-15-17-19-21-23-25-30-40-33-34(32-37-35(39)36-28-27-29-38(7-3)8-4)41-31-26-24-22-20-18-16-14-12-10-6-2/h34H,5-33H2,1-4H3,(H2,36,37,39). The van der Waals surface area contributed by atoms with Gasteiger partial charge >= 0.3 is 6.03 Å². The fourth-order valence-electron chi connectivity index (χ4n) is 5.23. The Kier molecular flexibility index (Phi) is 34.4. The molecule has 1 unspecified atom stereocenters. The topological polar surface area (TPSA) is 44.4 Å². The van der Waals surface area contributed by atoms with Crippen molar-refractivity contribution in [1.82, 2.24) is 15.5 Å². The second kappa shape index (κ2) is 34.4. The van der Waals surface area contributed by atoms with Crippen LogP contribution in [-0.4, -0.2) is 66.2 Å². The number of carbonyl (C=O) groups is 1. The summed E-state index contributed by atoms with van der Waals surface area (Å²) in [7, 11) is 0. The van der Waals surface area contributed by atoms with E-state index in [0.717, 1.165) is 44.9 Å². The summed E-state index contributed by atoms with van der Waals surface area (Å²) in [6, 6.07) is 0.00813. The number of nitrogens with zero attached hydrogens (tertiary/aromatic N) is 1. The molecule has 1 atom stereocenters. The Balaban J connectivity index is 4.09. The van der Waals surface area contributed by atoms with Crippen LogP contribution in [0.1, 0.15) is 163 Å². The first-order valence-electron chi connectivity index (χ1n) is 18.1. The predicted octanol–water partition coefficient (Wildman–Crippen LogP) is 10.7. The average Bonchev–Trinajstić information content (AvgIpc) is 2.98. The second-order valence-corrected chi connectivity index (χ2v) is 14.5. The van der Waals surface area contributed by atoms with E-state index in [9.17, 15) is 4.79 Å². The predicted molar refractivity (Wildman–Crippen MR) is 191 cm³/mol. The third-order valence-electron chi connectivity index (χ3n) is 8.12. The van der Waals surface area contributed by atoms with Crippen molar-refractivity contribution in [3.05, 3.63) is 0 Å². The molecule has 0 rings (SSSR count). The molecule has 0 bridgehead atoms. The van der Waals surface area contributed by atoms with E-state index in [-0.39, 0.29) is 6.03 Å². The van der Waals surface area contributed by atoms with Crippen LogP contribution in [0.2, 0.25) is 0 Å². The fourth-order valence-corrected chi connectivity index (χ4v) is 7.76. The van der Waals surface area contributed by atoms with E-state index in [1.807, 2.05) is 0 Å². The van der Waals surface area contributed by atoms with E-state index in [0.29, 0.717) is 5.25 Å². The van der Waals surface area contributed by atoms with Crippen molar-refractivity contribution in [2.24, 2.45) is 0 Å². The number of amides is 2. The Morgan fingerprint density at radius 3 is 1.54 bits per heavy atom. The number of carbonyl (C=O) groups excluding carboxylic acids is 1. The Labute approximate surface area is 266 Å². The second-order valence-electron chi connectivity index (χ2n) is 11.9. The summed E-state index contributed by atoms with van der Waals surface area (Å²) >= 11 is 4.20. The van der Waals surface area contributed by atoms with Crippen molar-refractivity contribution in [2.45, 2.75) is 168 Å². The monoisotopic (exact) mass is 616 g/mol. The van der Waals surface area contributed by atoms with E-state index in [1.54, 1.807) is 0 Å². The summed E-state index contributed by atoms with van der Waals surface area (Å²) in [5.74, 6) is 3.65. The van der Waals surface area contributed by atoms with E-state index in [1.165, 1.54) is 140 Å². The van der Waals surface area contributed by atoms with Gasteiger partial charge in [-0.05, 0) is 50.4 Å². The molecular formula is C35H73N3OS2. The zero-order chi connectivity index (χ0) is 30.1. The van der Waals surface area contributed by atoms with Gasteiger partial charge in [0.2, 0.25) is 0 Å². The van der Waals surface area contributed by atoms with Crippen LogP contribution >= 0.6 is 23.5 Å². The van der Waals surface area contributed by atoms with Crippen LogP contribution in [0, 0.1) is 0 Å². The molecule has 0 radical (unpaired) electrons.